The number of hydrogen-bond donors (Lipinski definition) is 0. The Kier molecular flexibility index (Phi) is 3.95. The monoisotopic (exact) mass is 351 g/mol. The van der Waals surface area contributed by atoms with E-state index in [-0.39, 0.29) is 0 Å². The van der Waals surface area contributed by atoms with Crippen molar-refractivity contribution >= 4 is 23.5 Å². The summed E-state index contributed by atoms with van der Waals surface area (Å²) in [7, 11) is 1.27. The third-order valence-electron chi connectivity index (χ3n) is 4.96. The van der Waals surface area contributed by atoms with E-state index >= 15 is 0 Å². The van der Waals surface area contributed by atoms with Crippen LogP contribution in [0, 0.1) is 5.92 Å². The zero-order valence-corrected chi connectivity index (χ0v) is 14.1. The van der Waals surface area contributed by atoms with Crippen molar-refractivity contribution < 1.29 is 23.9 Å². The smallest absolute Gasteiger partial charge is 0.342 e. The average molecular weight is 351 g/mol. The van der Waals surface area contributed by atoms with Crippen LogP contribution in [0.5, 0.6) is 0 Å². The Balaban J connectivity index is 1.81. The highest BCUT2D eigenvalue weighted by Crippen LogP contribution is 2.43. The molecule has 1 saturated heterocycles. The first-order valence-electron chi connectivity index (χ1n) is 8.37. The van der Waals surface area contributed by atoms with Crippen LogP contribution in [0.1, 0.15) is 28.3 Å². The summed E-state index contributed by atoms with van der Waals surface area (Å²) in [6.45, 7) is 0. The van der Waals surface area contributed by atoms with Crippen LogP contribution < -0.4 is 4.90 Å². The third kappa shape index (κ3) is 2.45. The molecule has 4 rings (SSSR count). The van der Waals surface area contributed by atoms with Crippen molar-refractivity contribution in [3.8, 4) is 0 Å². The number of carbonyl (C=O) groups excluding carboxylic acids is 3. The molecule has 2 aliphatic heterocycles. The summed E-state index contributed by atoms with van der Waals surface area (Å²) >= 11 is 0. The lowest BCUT2D eigenvalue weighted by Gasteiger charge is -2.44. The number of esters is 2. The van der Waals surface area contributed by atoms with Gasteiger partial charge < -0.3 is 9.47 Å². The number of methoxy groups -OCH3 is 1. The molecule has 132 valence electrons. The largest absolute Gasteiger partial charge is 0.468 e. The molecule has 6 heteroatoms. The van der Waals surface area contributed by atoms with Crippen molar-refractivity contribution in [1.82, 2.24) is 0 Å². The lowest BCUT2D eigenvalue weighted by Crippen LogP contribution is -2.57. The molecule has 6 nitrogen and oxygen atoms in total. The van der Waals surface area contributed by atoms with Crippen LogP contribution >= 0.6 is 0 Å². The van der Waals surface area contributed by atoms with Crippen molar-refractivity contribution in [2.24, 2.45) is 5.92 Å². The second-order valence-corrected chi connectivity index (χ2v) is 6.34. The first-order chi connectivity index (χ1) is 12.6. The van der Waals surface area contributed by atoms with E-state index in [1.165, 1.54) is 12.0 Å². The fourth-order valence-corrected chi connectivity index (χ4v) is 3.76. The van der Waals surface area contributed by atoms with E-state index in [0.717, 1.165) is 5.56 Å². The Hall–Kier alpha value is -3.15. The van der Waals surface area contributed by atoms with Crippen molar-refractivity contribution in [3.05, 3.63) is 65.7 Å². The van der Waals surface area contributed by atoms with Gasteiger partial charge in [-0.2, -0.15) is 0 Å². The topological polar surface area (TPSA) is 72.9 Å². The molecule has 0 spiro atoms. The number of para-hydroxylation sites is 1. The number of hydrogen-bond acceptors (Lipinski definition) is 5. The molecule has 26 heavy (non-hydrogen) atoms. The molecule has 0 aliphatic carbocycles. The number of piperidine rings is 1. The van der Waals surface area contributed by atoms with Gasteiger partial charge in [-0.1, -0.05) is 42.5 Å². The maximum Gasteiger partial charge on any atom is 0.342 e. The van der Waals surface area contributed by atoms with Gasteiger partial charge in [-0.15, -0.1) is 0 Å². The van der Waals surface area contributed by atoms with Crippen LogP contribution in [0.2, 0.25) is 0 Å². The van der Waals surface area contributed by atoms with Crippen molar-refractivity contribution in [2.45, 2.75) is 18.6 Å². The summed E-state index contributed by atoms with van der Waals surface area (Å²) in [6.07, 6.45) is -0.411. The SMILES string of the molecule is COC(=O)[C@H]1C(=O)N2c3ccccc3C(=O)O[C@H]2C[C@@H]1c1ccccc1. The molecule has 0 unspecified atom stereocenters. The summed E-state index contributed by atoms with van der Waals surface area (Å²) < 4.78 is 10.4. The summed E-state index contributed by atoms with van der Waals surface area (Å²) in [4.78, 5) is 39.4. The Morgan fingerprint density at radius 3 is 2.50 bits per heavy atom. The van der Waals surface area contributed by atoms with Crippen LogP contribution in [0.25, 0.3) is 0 Å². The van der Waals surface area contributed by atoms with E-state index < -0.39 is 35.9 Å². The van der Waals surface area contributed by atoms with Crippen LogP contribution in [-0.2, 0) is 19.1 Å². The molecular formula is C20H17NO5. The number of ether oxygens (including phenoxy) is 2. The number of benzene rings is 2. The molecule has 0 bridgehead atoms. The minimum absolute atomic E-state index is 0.318. The van der Waals surface area contributed by atoms with E-state index in [1.807, 2.05) is 30.3 Å². The lowest BCUT2D eigenvalue weighted by atomic mass is 9.78. The Bertz CT molecular complexity index is 879. The van der Waals surface area contributed by atoms with Gasteiger partial charge in [0.2, 0.25) is 5.91 Å². The molecule has 0 N–H and O–H groups in total. The molecule has 1 amide bonds. The molecule has 2 aromatic rings. The zero-order chi connectivity index (χ0) is 18.3. The van der Waals surface area contributed by atoms with E-state index in [0.29, 0.717) is 17.7 Å². The number of nitrogens with zero attached hydrogens (tertiary/aromatic N) is 1. The molecule has 2 aliphatic rings. The van der Waals surface area contributed by atoms with E-state index in [4.69, 9.17) is 9.47 Å². The molecule has 2 aromatic carbocycles. The molecule has 2 heterocycles. The minimum Gasteiger partial charge on any atom is -0.468 e. The number of fused-ring (bicyclic) bond motifs is 3. The maximum absolute atomic E-state index is 13.2. The first kappa shape index (κ1) is 16.3. The van der Waals surface area contributed by atoms with Crippen LogP contribution in [0.3, 0.4) is 0 Å². The van der Waals surface area contributed by atoms with Crippen molar-refractivity contribution in [2.75, 3.05) is 12.0 Å². The highest BCUT2D eigenvalue weighted by Gasteiger charge is 2.51. The third-order valence-corrected chi connectivity index (χ3v) is 4.96. The van der Waals surface area contributed by atoms with Crippen LogP contribution in [0.4, 0.5) is 5.69 Å². The van der Waals surface area contributed by atoms with Crippen LogP contribution in [0.15, 0.2) is 54.6 Å². The molecular weight excluding hydrogens is 334 g/mol. The first-order valence-corrected chi connectivity index (χ1v) is 8.37. The van der Waals surface area contributed by atoms with Crippen molar-refractivity contribution in [1.29, 1.82) is 0 Å². The Morgan fingerprint density at radius 1 is 1.08 bits per heavy atom. The standard InChI is InChI=1S/C20H17NO5/c1-25-20(24)17-14(12-7-3-2-4-8-12)11-16-21(18(17)22)15-10-6-5-9-13(15)19(23)26-16/h2-10,14,16-17H,11H2,1H3/t14-,16+,17-/m1/s1. The van der Waals surface area contributed by atoms with E-state index in [9.17, 15) is 14.4 Å². The number of rotatable bonds is 2. The van der Waals surface area contributed by atoms with Gasteiger partial charge in [0.15, 0.2) is 6.23 Å². The van der Waals surface area contributed by atoms with E-state index in [1.54, 1.807) is 24.3 Å². The predicted molar refractivity (Wildman–Crippen MR) is 92.4 cm³/mol. The predicted octanol–water partition coefficient (Wildman–Crippen LogP) is 2.49. The molecule has 0 radical (unpaired) electrons. The number of anilines is 1. The van der Waals surface area contributed by atoms with E-state index in [2.05, 4.69) is 0 Å². The molecule has 3 atom stereocenters. The molecule has 0 aromatic heterocycles. The quantitative estimate of drug-likeness (QED) is 0.614. The van der Waals surface area contributed by atoms with Gasteiger partial charge in [0.1, 0.15) is 5.92 Å². The molecule has 1 fully saturated rings. The fourth-order valence-electron chi connectivity index (χ4n) is 3.76. The van der Waals surface area contributed by atoms with Gasteiger partial charge in [0, 0.05) is 12.3 Å². The maximum atomic E-state index is 13.2. The van der Waals surface area contributed by atoms with Gasteiger partial charge in [0.05, 0.1) is 18.4 Å². The second-order valence-electron chi connectivity index (χ2n) is 6.34. The number of carbonyl (C=O) groups is 3. The average Bonchev–Trinajstić information content (AvgIpc) is 2.68. The lowest BCUT2D eigenvalue weighted by molar-refractivity contribution is -0.153. The van der Waals surface area contributed by atoms with Gasteiger partial charge in [-0.3, -0.25) is 14.5 Å². The summed E-state index contributed by atoms with van der Waals surface area (Å²) in [5.41, 5.74) is 1.63. The second kappa shape index (κ2) is 6.29. The Morgan fingerprint density at radius 2 is 1.77 bits per heavy atom. The fraction of sp³-hybridized carbons (Fsp3) is 0.250. The zero-order valence-electron chi connectivity index (χ0n) is 14.1. The van der Waals surface area contributed by atoms with Crippen molar-refractivity contribution in [3.63, 3.8) is 0 Å². The Labute approximate surface area is 150 Å². The van der Waals surface area contributed by atoms with Gasteiger partial charge in [-0.25, -0.2) is 4.79 Å². The van der Waals surface area contributed by atoms with Gasteiger partial charge in [-0.05, 0) is 17.7 Å². The molecule has 0 saturated carbocycles. The van der Waals surface area contributed by atoms with Gasteiger partial charge in [0.25, 0.3) is 0 Å². The normalized spacial score (nSPS) is 24.3. The highest BCUT2D eigenvalue weighted by molar-refractivity contribution is 6.12. The minimum atomic E-state index is -0.983. The van der Waals surface area contributed by atoms with Crippen LogP contribution in [-0.4, -0.2) is 31.2 Å². The number of amides is 1. The summed E-state index contributed by atoms with van der Waals surface area (Å²) in [5.74, 6) is -2.87. The summed E-state index contributed by atoms with van der Waals surface area (Å²) in [5, 5.41) is 0. The van der Waals surface area contributed by atoms with Gasteiger partial charge >= 0.3 is 11.9 Å². The summed E-state index contributed by atoms with van der Waals surface area (Å²) in [6, 6.07) is 16.0. The highest BCUT2D eigenvalue weighted by atomic mass is 16.6.